The fraction of sp³-hybridized carbons (Fsp3) is 0.316. The Balaban J connectivity index is 1.61. The summed E-state index contributed by atoms with van der Waals surface area (Å²) in [6.07, 6.45) is 2.29. The van der Waals surface area contributed by atoms with Gasteiger partial charge in [0.15, 0.2) is 6.61 Å². The van der Waals surface area contributed by atoms with Crippen LogP contribution in [0, 0.1) is 12.8 Å². The molecule has 0 aliphatic heterocycles. The number of hydrogen-bond donors (Lipinski definition) is 1. The summed E-state index contributed by atoms with van der Waals surface area (Å²) >= 11 is 5.94. The third-order valence-corrected chi connectivity index (χ3v) is 4.34. The molecule has 0 radical (unpaired) electrons. The maximum atomic E-state index is 12.2. The van der Waals surface area contributed by atoms with Crippen LogP contribution < -0.4 is 10.1 Å². The van der Waals surface area contributed by atoms with Crippen molar-refractivity contribution < 1.29 is 9.53 Å². The number of carbonyl (C=O) groups is 1. The van der Waals surface area contributed by atoms with E-state index in [1.54, 1.807) is 0 Å². The van der Waals surface area contributed by atoms with E-state index in [1.165, 1.54) is 0 Å². The van der Waals surface area contributed by atoms with Crippen molar-refractivity contribution in [3.05, 3.63) is 64.7 Å². The summed E-state index contributed by atoms with van der Waals surface area (Å²) in [4.78, 5) is 12.2. The molecule has 1 atom stereocenters. The predicted octanol–water partition coefficient (Wildman–Crippen LogP) is 4.29. The summed E-state index contributed by atoms with van der Waals surface area (Å²) in [6.45, 7) is 2.00. The van der Waals surface area contributed by atoms with Gasteiger partial charge in [0.1, 0.15) is 5.75 Å². The van der Waals surface area contributed by atoms with Gasteiger partial charge in [0, 0.05) is 5.02 Å². The van der Waals surface area contributed by atoms with Gasteiger partial charge >= 0.3 is 0 Å². The van der Waals surface area contributed by atoms with Crippen molar-refractivity contribution in [2.45, 2.75) is 25.8 Å². The first-order valence-corrected chi connectivity index (χ1v) is 8.24. The zero-order valence-electron chi connectivity index (χ0n) is 13.1. The average Bonchev–Trinajstić information content (AvgIpc) is 3.38. The van der Waals surface area contributed by atoms with E-state index in [2.05, 4.69) is 5.32 Å². The number of amides is 1. The Morgan fingerprint density at radius 2 is 1.91 bits per heavy atom. The van der Waals surface area contributed by atoms with Crippen LogP contribution in [-0.2, 0) is 4.79 Å². The van der Waals surface area contributed by atoms with Crippen LogP contribution in [0.5, 0.6) is 5.75 Å². The lowest BCUT2D eigenvalue weighted by Gasteiger charge is -2.19. The molecule has 3 rings (SSSR count). The number of halogens is 1. The van der Waals surface area contributed by atoms with Crippen molar-refractivity contribution in [3.63, 3.8) is 0 Å². The lowest BCUT2D eigenvalue weighted by Crippen LogP contribution is -2.33. The second-order valence-corrected chi connectivity index (χ2v) is 6.42. The molecule has 3 nitrogen and oxygen atoms in total. The number of carbonyl (C=O) groups excluding carboxylic acids is 1. The molecular weight excluding hydrogens is 310 g/mol. The Kier molecular flexibility index (Phi) is 4.87. The highest BCUT2D eigenvalue weighted by Gasteiger charge is 2.33. The Hall–Kier alpha value is -2.00. The fourth-order valence-corrected chi connectivity index (χ4v) is 2.78. The third-order valence-electron chi connectivity index (χ3n) is 4.09. The first-order valence-electron chi connectivity index (χ1n) is 7.87. The van der Waals surface area contributed by atoms with Crippen molar-refractivity contribution in [1.29, 1.82) is 0 Å². The summed E-state index contributed by atoms with van der Waals surface area (Å²) in [5.41, 5.74) is 2.12. The van der Waals surface area contributed by atoms with E-state index in [0.29, 0.717) is 10.9 Å². The zero-order valence-corrected chi connectivity index (χ0v) is 13.8. The second-order valence-electron chi connectivity index (χ2n) is 5.99. The minimum absolute atomic E-state index is 0.0294. The number of aryl methyl sites for hydroxylation is 1. The summed E-state index contributed by atoms with van der Waals surface area (Å²) in [5.74, 6) is 1.16. The lowest BCUT2D eigenvalue weighted by molar-refractivity contribution is -0.124. The summed E-state index contributed by atoms with van der Waals surface area (Å²) in [6, 6.07) is 15.4. The average molecular weight is 330 g/mol. The molecule has 23 heavy (non-hydrogen) atoms. The Morgan fingerprint density at radius 3 is 2.57 bits per heavy atom. The summed E-state index contributed by atoms with van der Waals surface area (Å²) in [7, 11) is 0. The quantitative estimate of drug-likeness (QED) is 0.858. The third kappa shape index (κ3) is 4.26. The number of hydrogen-bond acceptors (Lipinski definition) is 2. The standard InChI is InChI=1S/C19H20ClNO2/c1-13-4-2-3-5-17(13)23-12-18(22)21-19(14-6-7-14)15-8-10-16(20)11-9-15/h2-5,8-11,14,19H,6-7,12H2,1H3,(H,21,22)/t19-/m0/s1. The number of benzene rings is 2. The zero-order chi connectivity index (χ0) is 16.2. The SMILES string of the molecule is Cc1ccccc1OCC(=O)N[C@H](c1ccc(Cl)cc1)C1CC1. The molecule has 0 unspecified atom stereocenters. The van der Waals surface area contributed by atoms with E-state index < -0.39 is 0 Å². The van der Waals surface area contributed by atoms with Gasteiger partial charge in [-0.05, 0) is 55.0 Å². The van der Waals surface area contributed by atoms with Crippen LogP contribution >= 0.6 is 11.6 Å². The molecule has 0 saturated heterocycles. The predicted molar refractivity (Wildman–Crippen MR) is 91.7 cm³/mol. The molecular formula is C19H20ClNO2. The molecule has 1 aliphatic carbocycles. The van der Waals surface area contributed by atoms with E-state index in [1.807, 2.05) is 55.5 Å². The Morgan fingerprint density at radius 1 is 1.22 bits per heavy atom. The first kappa shape index (κ1) is 15.9. The topological polar surface area (TPSA) is 38.3 Å². The van der Waals surface area contributed by atoms with Gasteiger partial charge in [0.05, 0.1) is 6.04 Å². The van der Waals surface area contributed by atoms with Gasteiger partial charge in [-0.1, -0.05) is 41.9 Å². The van der Waals surface area contributed by atoms with E-state index in [4.69, 9.17) is 16.3 Å². The van der Waals surface area contributed by atoms with Gasteiger partial charge in [0.25, 0.3) is 5.91 Å². The van der Waals surface area contributed by atoms with Gasteiger partial charge < -0.3 is 10.1 Å². The highest BCUT2D eigenvalue weighted by Crippen LogP contribution is 2.41. The van der Waals surface area contributed by atoms with Crippen molar-refractivity contribution in [1.82, 2.24) is 5.32 Å². The number of rotatable bonds is 6. The van der Waals surface area contributed by atoms with Gasteiger partial charge in [-0.15, -0.1) is 0 Å². The number of para-hydroxylation sites is 1. The largest absolute Gasteiger partial charge is 0.484 e. The van der Waals surface area contributed by atoms with Crippen molar-refractivity contribution in [3.8, 4) is 5.75 Å². The van der Waals surface area contributed by atoms with Gasteiger partial charge in [-0.2, -0.15) is 0 Å². The van der Waals surface area contributed by atoms with E-state index in [0.717, 1.165) is 29.7 Å². The molecule has 0 spiro atoms. The van der Waals surface area contributed by atoms with Crippen molar-refractivity contribution >= 4 is 17.5 Å². The molecule has 4 heteroatoms. The lowest BCUT2D eigenvalue weighted by atomic mass is 10.0. The molecule has 2 aromatic rings. The van der Waals surface area contributed by atoms with Crippen LogP contribution in [-0.4, -0.2) is 12.5 Å². The summed E-state index contributed by atoms with van der Waals surface area (Å²) in [5, 5.41) is 3.80. The van der Waals surface area contributed by atoms with Crippen molar-refractivity contribution in [2.75, 3.05) is 6.61 Å². The molecule has 1 N–H and O–H groups in total. The molecule has 1 amide bonds. The van der Waals surface area contributed by atoms with E-state index in [9.17, 15) is 4.79 Å². The van der Waals surface area contributed by atoms with Gasteiger partial charge in [-0.25, -0.2) is 0 Å². The highest BCUT2D eigenvalue weighted by atomic mass is 35.5. The minimum Gasteiger partial charge on any atom is -0.484 e. The monoisotopic (exact) mass is 329 g/mol. The maximum absolute atomic E-state index is 12.2. The van der Waals surface area contributed by atoms with E-state index in [-0.39, 0.29) is 18.6 Å². The fourth-order valence-electron chi connectivity index (χ4n) is 2.65. The van der Waals surface area contributed by atoms with Crippen LogP contribution in [0.4, 0.5) is 0 Å². The summed E-state index contributed by atoms with van der Waals surface area (Å²) < 4.78 is 5.62. The van der Waals surface area contributed by atoms with Crippen LogP contribution in [0.3, 0.4) is 0 Å². The Labute approximate surface area is 141 Å². The number of nitrogens with one attached hydrogen (secondary N) is 1. The second kappa shape index (κ2) is 7.05. The van der Waals surface area contributed by atoms with Crippen LogP contribution in [0.2, 0.25) is 5.02 Å². The minimum atomic E-state index is -0.0971. The van der Waals surface area contributed by atoms with Crippen molar-refractivity contribution in [2.24, 2.45) is 5.92 Å². The molecule has 2 aromatic carbocycles. The molecule has 1 saturated carbocycles. The molecule has 1 aliphatic rings. The van der Waals surface area contributed by atoms with Crippen LogP contribution in [0.15, 0.2) is 48.5 Å². The van der Waals surface area contributed by atoms with E-state index >= 15 is 0 Å². The van der Waals surface area contributed by atoms with Gasteiger partial charge in [-0.3, -0.25) is 4.79 Å². The molecule has 0 heterocycles. The highest BCUT2D eigenvalue weighted by molar-refractivity contribution is 6.30. The molecule has 120 valence electrons. The maximum Gasteiger partial charge on any atom is 0.258 e. The normalized spacial score (nSPS) is 15.0. The molecule has 0 bridgehead atoms. The smallest absolute Gasteiger partial charge is 0.258 e. The molecule has 1 fully saturated rings. The Bertz CT molecular complexity index is 680. The van der Waals surface area contributed by atoms with Crippen LogP contribution in [0.1, 0.15) is 30.0 Å². The number of ether oxygens (including phenoxy) is 1. The van der Waals surface area contributed by atoms with Crippen LogP contribution in [0.25, 0.3) is 0 Å². The van der Waals surface area contributed by atoms with Gasteiger partial charge in [0.2, 0.25) is 0 Å². The first-order chi connectivity index (χ1) is 11.1. The molecule has 0 aromatic heterocycles.